The van der Waals surface area contributed by atoms with Crippen molar-refractivity contribution in [2.45, 2.75) is 12.6 Å². The first-order valence-electron chi connectivity index (χ1n) is 7.87. The molecule has 0 bridgehead atoms. The summed E-state index contributed by atoms with van der Waals surface area (Å²) in [7, 11) is 0. The molecule has 2 aliphatic rings. The van der Waals surface area contributed by atoms with Gasteiger partial charge in [-0.25, -0.2) is 4.79 Å². The molecule has 3 rings (SSSR count). The van der Waals surface area contributed by atoms with E-state index in [4.69, 9.17) is 16.3 Å². The van der Waals surface area contributed by atoms with Crippen LogP contribution in [-0.2, 0) is 15.7 Å². The molecule has 2 fully saturated rings. The van der Waals surface area contributed by atoms with Crippen LogP contribution in [0.15, 0.2) is 18.2 Å². The fraction of sp³-hybridized carbons (Fsp3) is 0.500. The van der Waals surface area contributed by atoms with E-state index in [-0.39, 0.29) is 49.4 Å². The van der Waals surface area contributed by atoms with Crippen molar-refractivity contribution in [3.63, 3.8) is 0 Å². The Hall–Kier alpha value is -2.00. The van der Waals surface area contributed by atoms with Gasteiger partial charge in [-0.15, -0.1) is 0 Å². The third-order valence-electron chi connectivity index (χ3n) is 4.96. The molecule has 2 atom stereocenters. The maximum absolute atomic E-state index is 12.8. The molecule has 6 nitrogen and oxygen atoms in total. The zero-order valence-corrected chi connectivity index (χ0v) is 14.2. The Morgan fingerprint density at radius 1 is 1.38 bits per heavy atom. The molecule has 1 aromatic carbocycles. The lowest BCUT2D eigenvalue weighted by Gasteiger charge is -2.33. The summed E-state index contributed by atoms with van der Waals surface area (Å²) in [6, 6.07) is 1.93. The highest BCUT2D eigenvalue weighted by atomic mass is 35.5. The van der Waals surface area contributed by atoms with E-state index in [1.807, 2.05) is 0 Å². The number of ether oxygens (including phenoxy) is 1. The number of anilines is 1. The van der Waals surface area contributed by atoms with E-state index in [2.05, 4.69) is 5.32 Å². The number of nitrogens with one attached hydrogen (secondary N) is 1. The van der Waals surface area contributed by atoms with E-state index in [1.165, 1.54) is 4.90 Å². The van der Waals surface area contributed by atoms with Crippen molar-refractivity contribution in [2.75, 3.05) is 31.6 Å². The number of alkyl halides is 3. The quantitative estimate of drug-likeness (QED) is 0.809. The first-order chi connectivity index (χ1) is 12.1. The average molecular weight is 393 g/mol. The third-order valence-corrected chi connectivity index (χ3v) is 5.28. The molecule has 2 amide bonds. The Morgan fingerprint density at radius 2 is 2.12 bits per heavy atom. The number of carbonyl (C=O) groups excluding carboxylic acids is 1. The topological polar surface area (TPSA) is 78.9 Å². The minimum atomic E-state index is -4.57. The van der Waals surface area contributed by atoms with Crippen LogP contribution in [0.5, 0.6) is 0 Å². The normalized spacial score (nSPS) is 25.7. The fourth-order valence-corrected chi connectivity index (χ4v) is 3.61. The van der Waals surface area contributed by atoms with Crippen LogP contribution < -0.4 is 5.32 Å². The summed E-state index contributed by atoms with van der Waals surface area (Å²) in [5.41, 5.74) is -2.21. The van der Waals surface area contributed by atoms with Crippen molar-refractivity contribution in [3.05, 3.63) is 28.8 Å². The smallest absolute Gasteiger partial charge is 0.416 e. The van der Waals surface area contributed by atoms with Gasteiger partial charge in [-0.3, -0.25) is 4.79 Å². The van der Waals surface area contributed by atoms with Crippen LogP contribution in [0.4, 0.5) is 23.7 Å². The Morgan fingerprint density at radius 3 is 2.73 bits per heavy atom. The van der Waals surface area contributed by atoms with E-state index in [9.17, 15) is 27.9 Å². The summed E-state index contributed by atoms with van der Waals surface area (Å²) in [6.45, 7) is 0.631. The lowest BCUT2D eigenvalue weighted by atomic mass is 9.74. The van der Waals surface area contributed by atoms with Crippen LogP contribution in [0, 0.1) is 11.3 Å². The van der Waals surface area contributed by atoms with Gasteiger partial charge in [0.05, 0.1) is 28.3 Å². The zero-order chi connectivity index (χ0) is 19.1. The molecule has 1 aromatic rings. The molecule has 0 spiro atoms. The van der Waals surface area contributed by atoms with Crippen LogP contribution in [0.1, 0.15) is 12.0 Å². The molecule has 0 aliphatic carbocycles. The number of fused-ring (bicyclic) bond motifs is 1. The Bertz CT molecular complexity index is 743. The highest BCUT2D eigenvalue weighted by molar-refractivity contribution is 6.33. The van der Waals surface area contributed by atoms with Gasteiger partial charge in [-0.1, -0.05) is 11.6 Å². The van der Waals surface area contributed by atoms with Gasteiger partial charge < -0.3 is 20.1 Å². The standard InChI is InChI=1S/C16H16ClF3N2O4/c17-11-2-1-9(16(18,19)20)5-12(11)21-14(25)22-6-10-7-26-4-3-15(10,8-22)13(23)24/h1-2,5,10H,3-4,6-8H2,(H,21,25)(H,23,24)/t10-,15+/m1/s1. The number of halogens is 4. The molecule has 142 valence electrons. The molecule has 26 heavy (non-hydrogen) atoms. The molecular weight excluding hydrogens is 377 g/mol. The lowest BCUT2D eigenvalue weighted by Crippen LogP contribution is -2.45. The summed E-state index contributed by atoms with van der Waals surface area (Å²) in [6.07, 6.45) is -4.29. The number of carboxylic acid groups (broad SMARTS) is 1. The van der Waals surface area contributed by atoms with Crippen molar-refractivity contribution in [1.29, 1.82) is 0 Å². The minimum absolute atomic E-state index is 0.0290. The SMILES string of the molecule is O=C(Nc1cc(C(F)(F)F)ccc1Cl)N1C[C@@H]2COCC[C@]2(C(=O)O)C1. The van der Waals surface area contributed by atoms with Crippen LogP contribution >= 0.6 is 11.6 Å². The minimum Gasteiger partial charge on any atom is -0.481 e. The summed E-state index contributed by atoms with van der Waals surface area (Å²) in [5.74, 6) is -1.37. The van der Waals surface area contributed by atoms with E-state index >= 15 is 0 Å². The number of hydrogen-bond acceptors (Lipinski definition) is 3. The monoisotopic (exact) mass is 392 g/mol. The molecule has 0 saturated carbocycles. The first-order valence-corrected chi connectivity index (χ1v) is 8.25. The molecule has 0 radical (unpaired) electrons. The van der Waals surface area contributed by atoms with Gasteiger partial charge in [0.1, 0.15) is 0 Å². The Kier molecular flexibility index (Phi) is 4.78. The van der Waals surface area contributed by atoms with Gasteiger partial charge in [0.2, 0.25) is 0 Å². The Labute approximate surface area is 151 Å². The molecule has 2 aliphatic heterocycles. The Balaban J connectivity index is 1.78. The summed E-state index contributed by atoms with van der Waals surface area (Å²) < 4.78 is 43.8. The first kappa shape index (κ1) is 18.8. The lowest BCUT2D eigenvalue weighted by molar-refractivity contribution is -0.157. The van der Waals surface area contributed by atoms with Crippen LogP contribution in [-0.4, -0.2) is 48.3 Å². The number of carboxylic acids is 1. The van der Waals surface area contributed by atoms with E-state index in [0.29, 0.717) is 0 Å². The predicted molar refractivity (Wildman–Crippen MR) is 86.0 cm³/mol. The van der Waals surface area contributed by atoms with Gasteiger partial charge in [0, 0.05) is 25.6 Å². The molecular formula is C16H16ClF3N2O4. The maximum atomic E-state index is 12.8. The highest BCUT2D eigenvalue weighted by Crippen LogP contribution is 2.43. The van der Waals surface area contributed by atoms with Crippen molar-refractivity contribution in [3.8, 4) is 0 Å². The number of rotatable bonds is 2. The second-order valence-corrected chi connectivity index (χ2v) is 6.89. The average Bonchev–Trinajstić information content (AvgIpc) is 2.97. The second kappa shape index (κ2) is 6.62. The number of hydrogen-bond donors (Lipinski definition) is 2. The van der Waals surface area contributed by atoms with Gasteiger partial charge in [-0.05, 0) is 24.6 Å². The van der Waals surface area contributed by atoms with Gasteiger partial charge >= 0.3 is 18.2 Å². The number of aliphatic carboxylic acids is 1. The molecule has 2 saturated heterocycles. The molecule has 2 heterocycles. The summed E-state index contributed by atoms with van der Waals surface area (Å²) in [4.78, 5) is 25.5. The predicted octanol–water partition coefficient (Wildman–Crippen LogP) is 3.31. The van der Waals surface area contributed by atoms with Crippen LogP contribution in [0.3, 0.4) is 0 Å². The van der Waals surface area contributed by atoms with Crippen molar-refractivity contribution in [1.82, 2.24) is 4.90 Å². The van der Waals surface area contributed by atoms with Gasteiger partial charge in [0.25, 0.3) is 0 Å². The number of urea groups is 1. The van der Waals surface area contributed by atoms with Crippen LogP contribution in [0.2, 0.25) is 5.02 Å². The number of amides is 2. The largest absolute Gasteiger partial charge is 0.481 e. The van der Waals surface area contributed by atoms with Gasteiger partial charge in [-0.2, -0.15) is 13.2 Å². The van der Waals surface area contributed by atoms with Crippen molar-refractivity contribution in [2.24, 2.45) is 11.3 Å². The fourth-order valence-electron chi connectivity index (χ4n) is 3.45. The van der Waals surface area contributed by atoms with Gasteiger partial charge in [0.15, 0.2) is 0 Å². The van der Waals surface area contributed by atoms with E-state index in [1.54, 1.807) is 0 Å². The molecule has 10 heteroatoms. The van der Waals surface area contributed by atoms with Crippen LogP contribution in [0.25, 0.3) is 0 Å². The maximum Gasteiger partial charge on any atom is 0.416 e. The third kappa shape index (κ3) is 3.33. The van der Waals surface area contributed by atoms with E-state index in [0.717, 1.165) is 18.2 Å². The molecule has 0 aromatic heterocycles. The van der Waals surface area contributed by atoms with E-state index < -0.39 is 29.2 Å². The number of nitrogens with zero attached hydrogens (tertiary/aromatic N) is 1. The number of likely N-dealkylation sites (tertiary alicyclic amines) is 1. The number of benzene rings is 1. The summed E-state index contributed by atoms with van der Waals surface area (Å²) >= 11 is 5.88. The molecule has 0 unspecified atom stereocenters. The summed E-state index contributed by atoms with van der Waals surface area (Å²) in [5, 5.41) is 11.9. The second-order valence-electron chi connectivity index (χ2n) is 6.49. The van der Waals surface area contributed by atoms with Crippen molar-refractivity contribution < 1.29 is 32.6 Å². The number of carbonyl (C=O) groups is 2. The zero-order valence-electron chi connectivity index (χ0n) is 13.5. The molecule has 2 N–H and O–H groups in total. The highest BCUT2D eigenvalue weighted by Gasteiger charge is 2.55. The van der Waals surface area contributed by atoms with Crippen molar-refractivity contribution >= 4 is 29.3 Å².